The van der Waals surface area contributed by atoms with Gasteiger partial charge in [0.25, 0.3) is 0 Å². The molecule has 1 fully saturated rings. The summed E-state index contributed by atoms with van der Waals surface area (Å²) in [6.45, 7) is 4.75. The van der Waals surface area contributed by atoms with Crippen molar-refractivity contribution in [2.24, 2.45) is 7.05 Å². The number of rotatable bonds is 4. The Bertz CT molecular complexity index is 438. The van der Waals surface area contributed by atoms with Crippen LogP contribution in [-0.4, -0.2) is 39.9 Å². The molecule has 0 radical (unpaired) electrons. The topological polar surface area (TPSA) is 59.0 Å². The normalized spacial score (nSPS) is 19.2. The number of hydrogen-bond donors (Lipinski definition) is 2. The van der Waals surface area contributed by atoms with Gasteiger partial charge in [0.15, 0.2) is 0 Å². The standard InChI is InChI=1S/C12H20N4OS/c1-8-10(9(2)16(3)15-8)4-5-13-12(17)11-6-18-7-14-11/h11,14H,4-7H2,1-3H3,(H,13,17). The second-order valence-corrected chi connectivity index (χ2v) is 5.62. The molecule has 100 valence electrons. The smallest absolute Gasteiger partial charge is 0.238 e. The molecule has 0 aliphatic carbocycles. The van der Waals surface area contributed by atoms with Crippen molar-refractivity contribution in [3.05, 3.63) is 17.0 Å². The lowest BCUT2D eigenvalue weighted by Crippen LogP contribution is -2.42. The van der Waals surface area contributed by atoms with Crippen molar-refractivity contribution in [2.75, 3.05) is 18.2 Å². The molecule has 1 atom stereocenters. The first-order valence-electron chi connectivity index (χ1n) is 6.17. The average Bonchev–Trinajstić information content (AvgIpc) is 2.93. The maximum Gasteiger partial charge on any atom is 0.238 e. The Morgan fingerprint density at radius 3 is 2.94 bits per heavy atom. The summed E-state index contributed by atoms with van der Waals surface area (Å²) in [5, 5.41) is 10.5. The number of aromatic nitrogens is 2. The summed E-state index contributed by atoms with van der Waals surface area (Å²) in [7, 11) is 1.95. The third kappa shape index (κ3) is 2.87. The molecular formula is C12H20N4OS. The first-order chi connectivity index (χ1) is 8.59. The van der Waals surface area contributed by atoms with E-state index in [4.69, 9.17) is 0 Å². The Morgan fingerprint density at radius 1 is 1.61 bits per heavy atom. The average molecular weight is 268 g/mol. The van der Waals surface area contributed by atoms with Crippen LogP contribution in [0.5, 0.6) is 0 Å². The van der Waals surface area contributed by atoms with Crippen LogP contribution in [0, 0.1) is 13.8 Å². The maximum absolute atomic E-state index is 11.8. The summed E-state index contributed by atoms with van der Waals surface area (Å²) in [5.41, 5.74) is 3.47. The van der Waals surface area contributed by atoms with E-state index in [0.29, 0.717) is 6.54 Å². The molecule has 0 saturated carbocycles. The Balaban J connectivity index is 1.83. The zero-order valence-electron chi connectivity index (χ0n) is 11.1. The summed E-state index contributed by atoms with van der Waals surface area (Å²) < 4.78 is 1.89. The zero-order chi connectivity index (χ0) is 13.1. The summed E-state index contributed by atoms with van der Waals surface area (Å²) in [6, 6.07) is -0.0221. The van der Waals surface area contributed by atoms with E-state index in [1.165, 1.54) is 11.3 Å². The van der Waals surface area contributed by atoms with E-state index in [1.807, 2.05) is 18.7 Å². The zero-order valence-corrected chi connectivity index (χ0v) is 11.9. The van der Waals surface area contributed by atoms with Crippen LogP contribution in [0.25, 0.3) is 0 Å². The minimum absolute atomic E-state index is 0.0221. The quantitative estimate of drug-likeness (QED) is 0.828. The molecule has 1 aromatic rings. The van der Waals surface area contributed by atoms with Crippen molar-refractivity contribution in [3.63, 3.8) is 0 Å². The van der Waals surface area contributed by atoms with Crippen molar-refractivity contribution < 1.29 is 4.79 Å². The second-order valence-electron chi connectivity index (χ2n) is 4.59. The molecule has 1 saturated heterocycles. The molecule has 1 amide bonds. The SMILES string of the molecule is Cc1nn(C)c(C)c1CCNC(=O)C1CSCN1. The summed E-state index contributed by atoms with van der Waals surface area (Å²) in [5.74, 6) is 1.86. The molecule has 6 heteroatoms. The lowest BCUT2D eigenvalue weighted by Gasteiger charge is -2.10. The van der Waals surface area contributed by atoms with E-state index in [1.54, 1.807) is 11.8 Å². The summed E-state index contributed by atoms with van der Waals surface area (Å²) >= 11 is 1.76. The third-order valence-electron chi connectivity index (χ3n) is 3.37. The van der Waals surface area contributed by atoms with Gasteiger partial charge in [-0.3, -0.25) is 14.8 Å². The molecule has 2 N–H and O–H groups in total. The van der Waals surface area contributed by atoms with Gasteiger partial charge in [0.05, 0.1) is 11.7 Å². The molecule has 0 aromatic carbocycles. The molecule has 0 bridgehead atoms. The second kappa shape index (κ2) is 5.75. The monoisotopic (exact) mass is 268 g/mol. The van der Waals surface area contributed by atoms with Crippen LogP contribution in [0.2, 0.25) is 0 Å². The van der Waals surface area contributed by atoms with Gasteiger partial charge in [-0.25, -0.2) is 0 Å². The molecule has 1 aliphatic rings. The van der Waals surface area contributed by atoms with Gasteiger partial charge in [-0.05, 0) is 25.8 Å². The summed E-state index contributed by atoms with van der Waals surface area (Å²) in [4.78, 5) is 11.8. The van der Waals surface area contributed by atoms with E-state index in [-0.39, 0.29) is 11.9 Å². The largest absolute Gasteiger partial charge is 0.354 e. The first kappa shape index (κ1) is 13.4. The minimum Gasteiger partial charge on any atom is -0.354 e. The molecule has 1 aromatic heterocycles. The van der Waals surface area contributed by atoms with Crippen molar-refractivity contribution in [3.8, 4) is 0 Å². The van der Waals surface area contributed by atoms with Gasteiger partial charge in [0, 0.05) is 30.9 Å². The number of carbonyl (C=O) groups excluding carboxylic acids is 1. The Labute approximate surface area is 112 Å². The number of carbonyl (C=O) groups is 1. The predicted octanol–water partition coefficient (Wildman–Crippen LogP) is 0.358. The van der Waals surface area contributed by atoms with Crippen molar-refractivity contribution >= 4 is 17.7 Å². The van der Waals surface area contributed by atoms with Gasteiger partial charge in [-0.15, -0.1) is 11.8 Å². The number of nitrogens with one attached hydrogen (secondary N) is 2. The number of thioether (sulfide) groups is 1. The van der Waals surface area contributed by atoms with Gasteiger partial charge >= 0.3 is 0 Å². The van der Waals surface area contributed by atoms with Crippen LogP contribution in [0.4, 0.5) is 0 Å². The molecular weight excluding hydrogens is 248 g/mol. The fraction of sp³-hybridized carbons (Fsp3) is 0.667. The lowest BCUT2D eigenvalue weighted by atomic mass is 10.1. The molecule has 18 heavy (non-hydrogen) atoms. The van der Waals surface area contributed by atoms with Gasteiger partial charge in [0.2, 0.25) is 5.91 Å². The summed E-state index contributed by atoms with van der Waals surface area (Å²) in [6.07, 6.45) is 0.844. The van der Waals surface area contributed by atoms with Crippen LogP contribution in [-0.2, 0) is 18.3 Å². The fourth-order valence-corrected chi connectivity index (χ4v) is 3.12. The highest BCUT2D eigenvalue weighted by atomic mass is 32.2. The number of aryl methyl sites for hydroxylation is 2. The van der Waals surface area contributed by atoms with E-state index < -0.39 is 0 Å². The molecule has 5 nitrogen and oxygen atoms in total. The number of hydrogen-bond acceptors (Lipinski definition) is 4. The van der Waals surface area contributed by atoms with Crippen molar-refractivity contribution in [2.45, 2.75) is 26.3 Å². The highest BCUT2D eigenvalue weighted by Gasteiger charge is 2.22. The van der Waals surface area contributed by atoms with Gasteiger partial charge in [0.1, 0.15) is 0 Å². The first-order valence-corrected chi connectivity index (χ1v) is 7.33. The van der Waals surface area contributed by atoms with E-state index in [2.05, 4.69) is 22.7 Å². The van der Waals surface area contributed by atoms with Crippen LogP contribution in [0.1, 0.15) is 17.0 Å². The number of nitrogens with zero attached hydrogens (tertiary/aromatic N) is 2. The third-order valence-corrected chi connectivity index (χ3v) is 4.31. The van der Waals surface area contributed by atoms with E-state index in [9.17, 15) is 4.79 Å². The Kier molecular flexibility index (Phi) is 4.29. The highest BCUT2D eigenvalue weighted by molar-refractivity contribution is 7.99. The Morgan fingerprint density at radius 2 is 2.39 bits per heavy atom. The van der Waals surface area contributed by atoms with Gasteiger partial charge < -0.3 is 5.32 Å². The molecule has 1 aliphatic heterocycles. The number of amides is 1. The van der Waals surface area contributed by atoms with Gasteiger partial charge in [-0.2, -0.15) is 5.10 Å². The van der Waals surface area contributed by atoms with Crippen LogP contribution < -0.4 is 10.6 Å². The van der Waals surface area contributed by atoms with E-state index in [0.717, 1.165) is 23.7 Å². The van der Waals surface area contributed by atoms with Crippen LogP contribution in [0.3, 0.4) is 0 Å². The van der Waals surface area contributed by atoms with E-state index >= 15 is 0 Å². The molecule has 0 spiro atoms. The lowest BCUT2D eigenvalue weighted by molar-refractivity contribution is -0.122. The fourth-order valence-electron chi connectivity index (χ4n) is 2.18. The molecule has 1 unspecified atom stereocenters. The molecule has 2 heterocycles. The van der Waals surface area contributed by atoms with Crippen LogP contribution in [0.15, 0.2) is 0 Å². The highest BCUT2D eigenvalue weighted by Crippen LogP contribution is 2.12. The van der Waals surface area contributed by atoms with Crippen molar-refractivity contribution in [1.82, 2.24) is 20.4 Å². The Hall–Kier alpha value is -1.01. The van der Waals surface area contributed by atoms with Gasteiger partial charge in [-0.1, -0.05) is 0 Å². The predicted molar refractivity (Wildman–Crippen MR) is 73.6 cm³/mol. The van der Waals surface area contributed by atoms with Crippen molar-refractivity contribution in [1.29, 1.82) is 0 Å². The molecule has 2 rings (SSSR count). The minimum atomic E-state index is -0.0221. The van der Waals surface area contributed by atoms with Crippen LogP contribution >= 0.6 is 11.8 Å². The maximum atomic E-state index is 11.8.